The van der Waals surface area contributed by atoms with Gasteiger partial charge in [-0.1, -0.05) is 12.1 Å². The number of hydrogen-bond acceptors (Lipinski definition) is 2. The molecule has 78 valence electrons. The molecule has 0 aliphatic rings. The van der Waals surface area contributed by atoms with E-state index in [1.165, 1.54) is 0 Å². The molecule has 0 bridgehead atoms. The van der Waals surface area contributed by atoms with Gasteiger partial charge in [-0.2, -0.15) is 0 Å². The van der Waals surface area contributed by atoms with E-state index in [4.69, 9.17) is 4.42 Å². The maximum atomic E-state index is 10.4. The summed E-state index contributed by atoms with van der Waals surface area (Å²) in [4.78, 5) is 0. The summed E-state index contributed by atoms with van der Waals surface area (Å²) < 4.78 is 6.14. The molecule has 1 N–H and O–H groups in total. The van der Waals surface area contributed by atoms with Gasteiger partial charge in [-0.3, -0.25) is 0 Å². The predicted octanol–water partition coefficient (Wildman–Crippen LogP) is 3.14. The van der Waals surface area contributed by atoms with Crippen LogP contribution in [0.15, 0.2) is 47.3 Å². The van der Waals surface area contributed by atoms with E-state index in [9.17, 15) is 5.11 Å². The Morgan fingerprint density at radius 3 is 2.33 bits per heavy atom. The van der Waals surface area contributed by atoms with Crippen LogP contribution in [0, 0.1) is 3.57 Å². The molecule has 2 nitrogen and oxygen atoms in total. The molecule has 0 aliphatic carbocycles. The molecular weight excluding hydrogens is 303 g/mol. The van der Waals surface area contributed by atoms with Crippen molar-refractivity contribution in [1.82, 2.24) is 0 Å². The monoisotopic (exact) mass is 314 g/mol. The highest BCUT2D eigenvalue weighted by atomic mass is 127. The molecular formula is C12H11IO2. The molecule has 0 saturated carbocycles. The molecule has 0 saturated heterocycles. The lowest BCUT2D eigenvalue weighted by Crippen LogP contribution is -2.21. The van der Waals surface area contributed by atoms with E-state index in [-0.39, 0.29) is 0 Å². The normalized spacial score (nSPS) is 14.9. The molecule has 0 radical (unpaired) electrons. The fourth-order valence-corrected chi connectivity index (χ4v) is 1.84. The molecule has 0 spiro atoms. The third kappa shape index (κ3) is 2.08. The average molecular weight is 314 g/mol. The molecule has 2 rings (SSSR count). The number of furan rings is 1. The molecule has 1 aromatic heterocycles. The first kappa shape index (κ1) is 10.7. The fourth-order valence-electron chi connectivity index (χ4n) is 1.48. The summed E-state index contributed by atoms with van der Waals surface area (Å²) in [6.45, 7) is 1.76. The van der Waals surface area contributed by atoms with E-state index >= 15 is 0 Å². The Labute approximate surface area is 102 Å². The maximum Gasteiger partial charge on any atom is 0.115 e. The van der Waals surface area contributed by atoms with Gasteiger partial charge in [0, 0.05) is 9.13 Å². The quantitative estimate of drug-likeness (QED) is 0.864. The van der Waals surface area contributed by atoms with Gasteiger partial charge < -0.3 is 9.52 Å². The SMILES string of the molecule is CC(O)(c1ccc(I)cc1)c1ccoc1. The second-order valence-electron chi connectivity index (χ2n) is 3.59. The Bertz CT molecular complexity index is 429. The van der Waals surface area contributed by atoms with Crippen molar-refractivity contribution in [2.45, 2.75) is 12.5 Å². The third-order valence-corrected chi connectivity index (χ3v) is 3.21. The van der Waals surface area contributed by atoms with Crippen LogP contribution in [0.25, 0.3) is 0 Å². The Morgan fingerprint density at radius 2 is 1.80 bits per heavy atom. The van der Waals surface area contributed by atoms with Gasteiger partial charge in [0.05, 0.1) is 12.5 Å². The van der Waals surface area contributed by atoms with Crippen LogP contribution in [0.4, 0.5) is 0 Å². The van der Waals surface area contributed by atoms with E-state index in [0.717, 1.165) is 14.7 Å². The summed E-state index contributed by atoms with van der Waals surface area (Å²) >= 11 is 2.24. The summed E-state index contributed by atoms with van der Waals surface area (Å²) in [5, 5.41) is 10.4. The zero-order chi connectivity index (χ0) is 10.9. The summed E-state index contributed by atoms with van der Waals surface area (Å²) in [6.07, 6.45) is 3.13. The summed E-state index contributed by atoms with van der Waals surface area (Å²) in [6, 6.07) is 9.58. The lowest BCUT2D eigenvalue weighted by Gasteiger charge is -2.22. The molecule has 0 aliphatic heterocycles. The van der Waals surface area contributed by atoms with E-state index in [1.807, 2.05) is 24.3 Å². The fraction of sp³-hybridized carbons (Fsp3) is 0.167. The van der Waals surface area contributed by atoms with Crippen LogP contribution in [0.2, 0.25) is 0 Å². The second kappa shape index (κ2) is 3.98. The Kier molecular flexibility index (Phi) is 2.84. The first-order chi connectivity index (χ1) is 7.10. The minimum Gasteiger partial charge on any atom is -0.472 e. The minimum atomic E-state index is -0.989. The van der Waals surface area contributed by atoms with Crippen LogP contribution < -0.4 is 0 Å². The molecule has 0 fully saturated rings. The van der Waals surface area contributed by atoms with Crippen molar-refractivity contribution >= 4 is 22.6 Å². The van der Waals surface area contributed by atoms with E-state index in [1.54, 1.807) is 25.5 Å². The maximum absolute atomic E-state index is 10.4. The second-order valence-corrected chi connectivity index (χ2v) is 4.84. The van der Waals surface area contributed by atoms with Gasteiger partial charge in [-0.05, 0) is 53.3 Å². The van der Waals surface area contributed by atoms with Crippen molar-refractivity contribution in [3.05, 3.63) is 57.6 Å². The molecule has 1 atom stereocenters. The van der Waals surface area contributed by atoms with Crippen LogP contribution in [0.1, 0.15) is 18.1 Å². The van der Waals surface area contributed by atoms with E-state index < -0.39 is 5.60 Å². The zero-order valence-corrected chi connectivity index (χ0v) is 10.4. The number of halogens is 1. The average Bonchev–Trinajstić information content (AvgIpc) is 2.71. The van der Waals surface area contributed by atoms with Gasteiger partial charge in [0.1, 0.15) is 5.60 Å². The standard InChI is InChI=1S/C12H11IO2/c1-12(14,10-6-7-15-8-10)9-2-4-11(13)5-3-9/h2-8,14H,1H3. The van der Waals surface area contributed by atoms with Crippen LogP contribution in [0.3, 0.4) is 0 Å². The number of hydrogen-bond donors (Lipinski definition) is 1. The largest absolute Gasteiger partial charge is 0.472 e. The Balaban J connectivity index is 2.41. The molecule has 2 aromatic rings. The highest BCUT2D eigenvalue weighted by Crippen LogP contribution is 2.29. The minimum absolute atomic E-state index is 0.767. The first-order valence-corrected chi connectivity index (χ1v) is 5.69. The van der Waals surface area contributed by atoms with Crippen molar-refractivity contribution in [2.75, 3.05) is 0 Å². The van der Waals surface area contributed by atoms with Crippen molar-refractivity contribution in [3.63, 3.8) is 0 Å². The summed E-state index contributed by atoms with van der Waals surface area (Å²) in [5.41, 5.74) is 0.644. The lowest BCUT2D eigenvalue weighted by molar-refractivity contribution is 0.101. The molecule has 15 heavy (non-hydrogen) atoms. The van der Waals surface area contributed by atoms with Crippen molar-refractivity contribution < 1.29 is 9.52 Å². The van der Waals surface area contributed by atoms with E-state index in [2.05, 4.69) is 22.6 Å². The number of benzene rings is 1. The highest BCUT2D eigenvalue weighted by molar-refractivity contribution is 14.1. The third-order valence-electron chi connectivity index (χ3n) is 2.49. The summed E-state index contributed by atoms with van der Waals surface area (Å²) in [5.74, 6) is 0. The Morgan fingerprint density at radius 1 is 1.13 bits per heavy atom. The van der Waals surface area contributed by atoms with Gasteiger partial charge in [0.2, 0.25) is 0 Å². The number of rotatable bonds is 2. The van der Waals surface area contributed by atoms with Gasteiger partial charge in [0.25, 0.3) is 0 Å². The van der Waals surface area contributed by atoms with E-state index in [0.29, 0.717) is 0 Å². The predicted molar refractivity (Wildman–Crippen MR) is 66.5 cm³/mol. The molecule has 3 heteroatoms. The smallest absolute Gasteiger partial charge is 0.115 e. The molecule has 1 unspecified atom stereocenters. The number of aliphatic hydroxyl groups is 1. The van der Waals surface area contributed by atoms with Crippen LogP contribution in [0.5, 0.6) is 0 Å². The summed E-state index contributed by atoms with van der Waals surface area (Å²) in [7, 11) is 0. The Hall–Kier alpha value is -0.810. The topological polar surface area (TPSA) is 33.4 Å². The van der Waals surface area contributed by atoms with Gasteiger partial charge in [0.15, 0.2) is 0 Å². The first-order valence-electron chi connectivity index (χ1n) is 4.62. The molecule has 1 aromatic carbocycles. The van der Waals surface area contributed by atoms with Crippen LogP contribution in [-0.4, -0.2) is 5.11 Å². The van der Waals surface area contributed by atoms with Crippen LogP contribution in [-0.2, 0) is 5.60 Å². The zero-order valence-electron chi connectivity index (χ0n) is 8.27. The van der Waals surface area contributed by atoms with Gasteiger partial charge >= 0.3 is 0 Å². The van der Waals surface area contributed by atoms with Crippen LogP contribution >= 0.6 is 22.6 Å². The molecule has 1 heterocycles. The van der Waals surface area contributed by atoms with Crippen molar-refractivity contribution in [2.24, 2.45) is 0 Å². The van der Waals surface area contributed by atoms with Gasteiger partial charge in [-0.15, -0.1) is 0 Å². The van der Waals surface area contributed by atoms with Crippen molar-refractivity contribution in [1.29, 1.82) is 0 Å². The lowest BCUT2D eigenvalue weighted by atomic mass is 9.90. The van der Waals surface area contributed by atoms with Crippen molar-refractivity contribution in [3.8, 4) is 0 Å². The van der Waals surface area contributed by atoms with Gasteiger partial charge in [-0.25, -0.2) is 0 Å². The molecule has 0 amide bonds. The highest BCUT2D eigenvalue weighted by Gasteiger charge is 2.26.